The number of para-hydroxylation sites is 2. The van der Waals surface area contributed by atoms with Crippen molar-refractivity contribution in [2.75, 3.05) is 32.4 Å². The second-order valence-corrected chi connectivity index (χ2v) is 17.5. The van der Waals surface area contributed by atoms with Crippen LogP contribution in [-0.2, 0) is 31.0 Å². The van der Waals surface area contributed by atoms with Crippen LogP contribution >= 0.6 is 11.6 Å². The van der Waals surface area contributed by atoms with Crippen LogP contribution in [0.2, 0.25) is 5.02 Å². The highest BCUT2D eigenvalue weighted by Crippen LogP contribution is 2.32. The zero-order valence-corrected chi connectivity index (χ0v) is 32.5. The number of amides is 2. The molecule has 2 amide bonds. The molecule has 0 unspecified atom stereocenters. The summed E-state index contributed by atoms with van der Waals surface area (Å²) in [7, 11) is -3.77. The van der Waals surface area contributed by atoms with Gasteiger partial charge in [0.1, 0.15) is 17.6 Å². The van der Waals surface area contributed by atoms with Crippen molar-refractivity contribution in [3.05, 3.63) is 65.0 Å². The largest absolute Gasteiger partial charge is 0.434 e. The summed E-state index contributed by atoms with van der Waals surface area (Å²) in [6.45, 7) is 2.67. The monoisotopic (exact) mass is 784 g/mol. The number of benzene rings is 2. The molecule has 2 saturated heterocycles. The fourth-order valence-electron chi connectivity index (χ4n) is 8.13. The minimum absolute atomic E-state index is 0.0760. The van der Waals surface area contributed by atoms with E-state index in [-0.39, 0.29) is 31.4 Å². The Morgan fingerprint density at radius 1 is 1.00 bits per heavy atom. The quantitative estimate of drug-likeness (QED) is 0.154. The van der Waals surface area contributed by atoms with Gasteiger partial charge in [-0.2, -0.15) is 0 Å². The van der Waals surface area contributed by atoms with Crippen LogP contribution in [0.4, 0.5) is 0 Å². The molecule has 2 aliphatic heterocycles. The van der Waals surface area contributed by atoms with E-state index >= 15 is 0 Å². The first-order chi connectivity index (χ1) is 26.0. The molecular formula is C39H53ClN6O7S. The Labute approximate surface area is 322 Å². The first-order valence-electron chi connectivity index (χ1n) is 19.2. The molecule has 4 atom stereocenters. The van der Waals surface area contributed by atoms with E-state index in [2.05, 4.69) is 20.3 Å². The summed E-state index contributed by atoms with van der Waals surface area (Å²) in [5.74, 6) is -0.567. The Morgan fingerprint density at radius 3 is 2.39 bits per heavy atom. The van der Waals surface area contributed by atoms with E-state index < -0.39 is 51.9 Å². The molecule has 294 valence electrons. The van der Waals surface area contributed by atoms with Gasteiger partial charge in [0.15, 0.2) is 5.58 Å². The van der Waals surface area contributed by atoms with Gasteiger partial charge in [0.2, 0.25) is 27.6 Å². The van der Waals surface area contributed by atoms with Gasteiger partial charge in [0.05, 0.1) is 25.0 Å². The van der Waals surface area contributed by atoms with Gasteiger partial charge in [-0.05, 0) is 112 Å². The molecule has 3 fully saturated rings. The highest BCUT2D eigenvalue weighted by atomic mass is 35.5. The van der Waals surface area contributed by atoms with Crippen LogP contribution in [0.25, 0.3) is 11.1 Å². The maximum Gasteiger partial charge on any atom is 0.266 e. The van der Waals surface area contributed by atoms with E-state index in [1.807, 2.05) is 18.2 Å². The molecule has 3 heterocycles. The van der Waals surface area contributed by atoms with Crippen LogP contribution in [0.5, 0.6) is 0 Å². The van der Waals surface area contributed by atoms with Crippen molar-refractivity contribution in [3.8, 4) is 0 Å². The van der Waals surface area contributed by atoms with Crippen LogP contribution < -0.4 is 21.1 Å². The summed E-state index contributed by atoms with van der Waals surface area (Å²) in [6, 6.07) is 11.3. The number of rotatable bonds is 16. The Balaban J connectivity index is 1.24. The smallest absolute Gasteiger partial charge is 0.266 e. The lowest BCUT2D eigenvalue weighted by atomic mass is 9.79. The molecule has 3 aliphatic rings. The predicted molar refractivity (Wildman–Crippen MR) is 206 cm³/mol. The topological polar surface area (TPSA) is 186 Å². The van der Waals surface area contributed by atoms with E-state index in [4.69, 9.17) is 26.5 Å². The fraction of sp³-hybridized carbons (Fsp3) is 0.590. The molecule has 1 aliphatic carbocycles. The lowest BCUT2D eigenvalue weighted by Crippen LogP contribution is -2.55. The third-order valence-electron chi connectivity index (χ3n) is 11.2. The molecule has 13 nitrogen and oxygen atoms in total. The van der Waals surface area contributed by atoms with E-state index in [0.29, 0.717) is 53.8 Å². The lowest BCUT2D eigenvalue weighted by Gasteiger charge is -2.32. The number of hydrogen-bond acceptors (Lipinski definition) is 10. The number of carbonyl (C=O) groups is 3. The number of aromatic nitrogens is 1. The minimum atomic E-state index is -3.77. The number of ketones is 1. The van der Waals surface area contributed by atoms with Crippen molar-refractivity contribution in [1.82, 2.24) is 25.2 Å². The molecule has 5 N–H and O–H groups in total. The summed E-state index contributed by atoms with van der Waals surface area (Å²) >= 11 is 6.08. The molecule has 15 heteroatoms. The lowest BCUT2D eigenvalue weighted by molar-refractivity contribution is -0.140. The molecule has 54 heavy (non-hydrogen) atoms. The number of fused-ring (bicyclic) bond motifs is 1. The Morgan fingerprint density at radius 2 is 1.70 bits per heavy atom. The third-order valence-corrected chi connectivity index (χ3v) is 12.2. The number of hydrogen-bond donors (Lipinski definition) is 4. The van der Waals surface area contributed by atoms with E-state index in [9.17, 15) is 22.8 Å². The van der Waals surface area contributed by atoms with E-state index in [1.165, 1.54) is 4.90 Å². The van der Waals surface area contributed by atoms with Crippen LogP contribution in [0.3, 0.4) is 0 Å². The Kier molecular flexibility index (Phi) is 13.8. The van der Waals surface area contributed by atoms with E-state index in [0.717, 1.165) is 63.4 Å². The van der Waals surface area contributed by atoms with Crippen molar-refractivity contribution in [3.63, 3.8) is 0 Å². The van der Waals surface area contributed by atoms with Crippen molar-refractivity contribution in [1.29, 1.82) is 0 Å². The standard InChI is InChI=1S/C39H53ClN6O7S/c1-54(50,51)45-32(15-12-25-16-18-42-19-17-25)39(49)46-23-30(52-24-28-10-13-29(40)14-11-28)21-34(46)37(48)43-33(20-26-6-8-27(22-41)9-7-26)36(47)38-44-31-4-2-3-5-35(31)53-38/h2-5,10-11,13-14,25-27,30,32-34,42,45H,6-9,12,15-24,41H2,1H3,(H,43,48)/t26?,27?,30-,32-,33+,34+/m1/s1. The fourth-order valence-corrected chi connectivity index (χ4v) is 8.99. The van der Waals surface area contributed by atoms with Gasteiger partial charge < -0.3 is 30.4 Å². The summed E-state index contributed by atoms with van der Waals surface area (Å²) in [5, 5.41) is 6.94. The minimum Gasteiger partial charge on any atom is -0.434 e. The molecule has 1 saturated carbocycles. The number of oxazole rings is 1. The number of carbonyl (C=O) groups excluding carboxylic acids is 3. The number of halogens is 1. The SMILES string of the molecule is CS(=O)(=O)N[C@H](CCC1CCNCC1)C(=O)N1C[C@H](OCc2ccc(Cl)cc2)C[C@H]1C(=O)N[C@@H](CC1CCC(CN)CC1)C(=O)c1nc2ccccc2o1. The summed E-state index contributed by atoms with van der Waals surface area (Å²) in [5.41, 5.74) is 7.83. The average molecular weight is 785 g/mol. The zero-order chi connectivity index (χ0) is 38.2. The molecule has 0 bridgehead atoms. The van der Waals surface area contributed by atoms with Crippen molar-refractivity contribution >= 4 is 50.3 Å². The molecule has 0 radical (unpaired) electrons. The van der Waals surface area contributed by atoms with Crippen LogP contribution in [-0.4, -0.2) is 92.6 Å². The molecule has 0 spiro atoms. The Hall–Kier alpha value is -3.40. The first kappa shape index (κ1) is 40.3. The second kappa shape index (κ2) is 18.5. The van der Waals surface area contributed by atoms with Gasteiger partial charge in [-0.25, -0.2) is 18.1 Å². The predicted octanol–water partition coefficient (Wildman–Crippen LogP) is 4.19. The Bertz CT molecular complexity index is 1810. The van der Waals surface area contributed by atoms with Gasteiger partial charge in [-0.15, -0.1) is 0 Å². The molecule has 1 aromatic heterocycles. The highest BCUT2D eigenvalue weighted by Gasteiger charge is 2.44. The summed E-state index contributed by atoms with van der Waals surface area (Å²) in [4.78, 5) is 48.9. The number of piperidine rings is 1. The molecule has 2 aromatic carbocycles. The summed E-state index contributed by atoms with van der Waals surface area (Å²) < 4.78 is 39.8. The summed E-state index contributed by atoms with van der Waals surface area (Å²) in [6.07, 6.45) is 7.54. The molecule has 6 rings (SSSR count). The van der Waals surface area contributed by atoms with Crippen LogP contribution in [0.1, 0.15) is 80.5 Å². The number of nitrogens with two attached hydrogens (primary N) is 1. The van der Waals surface area contributed by atoms with Gasteiger partial charge in [0.25, 0.3) is 5.89 Å². The zero-order valence-electron chi connectivity index (χ0n) is 30.9. The van der Waals surface area contributed by atoms with E-state index in [1.54, 1.807) is 30.3 Å². The molecule has 3 aromatic rings. The van der Waals surface area contributed by atoms with Crippen molar-refractivity contribution < 1.29 is 32.0 Å². The third kappa shape index (κ3) is 10.9. The van der Waals surface area contributed by atoms with Gasteiger partial charge in [0, 0.05) is 18.0 Å². The number of nitrogens with one attached hydrogen (secondary N) is 3. The molecular weight excluding hydrogens is 732 g/mol. The second-order valence-electron chi connectivity index (χ2n) is 15.3. The number of Topliss-reactive ketones (excluding diaryl/α,β-unsaturated/α-hetero) is 1. The highest BCUT2D eigenvalue weighted by molar-refractivity contribution is 7.88. The van der Waals surface area contributed by atoms with Crippen LogP contribution in [0.15, 0.2) is 52.9 Å². The maximum atomic E-state index is 14.4. The number of likely N-dealkylation sites (tertiary alicyclic amines) is 1. The normalized spacial score (nSPS) is 23.6. The average Bonchev–Trinajstić information content (AvgIpc) is 3.81. The van der Waals surface area contributed by atoms with Gasteiger partial charge >= 0.3 is 0 Å². The maximum absolute atomic E-state index is 14.4. The van der Waals surface area contributed by atoms with Crippen LogP contribution in [0, 0.1) is 17.8 Å². The number of nitrogens with zero attached hydrogens (tertiary/aromatic N) is 2. The van der Waals surface area contributed by atoms with Gasteiger partial charge in [-0.3, -0.25) is 14.4 Å². The van der Waals surface area contributed by atoms with Gasteiger partial charge in [-0.1, -0.05) is 48.7 Å². The first-order valence-corrected chi connectivity index (χ1v) is 21.5. The van der Waals surface area contributed by atoms with Crippen molar-refractivity contribution in [2.45, 2.75) is 95.0 Å². The number of sulfonamides is 1. The number of ether oxygens (including phenoxy) is 1. The van der Waals surface area contributed by atoms with Crippen molar-refractivity contribution in [2.24, 2.45) is 23.5 Å².